The lowest BCUT2D eigenvalue weighted by atomic mass is 9.96. The van der Waals surface area contributed by atoms with E-state index in [1.54, 1.807) is 18.5 Å². The molecule has 0 bridgehead atoms. The van der Waals surface area contributed by atoms with Gasteiger partial charge in [-0.3, -0.25) is 10.1 Å². The molecule has 0 aliphatic heterocycles. The molecule has 0 saturated carbocycles. The third-order valence-corrected chi connectivity index (χ3v) is 7.30. The van der Waals surface area contributed by atoms with E-state index in [9.17, 15) is 4.39 Å². The van der Waals surface area contributed by atoms with E-state index >= 15 is 0 Å². The predicted molar refractivity (Wildman–Crippen MR) is 180 cm³/mol. The average Bonchev–Trinajstić information content (AvgIpc) is 3.60. The molecular formula is C35H39FN8. The highest BCUT2D eigenvalue weighted by Gasteiger charge is 2.18. The number of rotatable bonds is 12. The van der Waals surface area contributed by atoms with E-state index in [0.717, 1.165) is 80.4 Å². The van der Waals surface area contributed by atoms with Crippen molar-refractivity contribution in [2.75, 3.05) is 37.8 Å². The van der Waals surface area contributed by atoms with E-state index < -0.39 is 0 Å². The Morgan fingerprint density at radius 2 is 1.93 bits per heavy atom. The topological polar surface area (TPSA) is 97.5 Å². The zero-order valence-electron chi connectivity index (χ0n) is 25.9. The fourth-order valence-corrected chi connectivity index (χ4v) is 4.96. The zero-order valence-corrected chi connectivity index (χ0v) is 25.9. The number of benzene rings is 1. The van der Waals surface area contributed by atoms with Crippen molar-refractivity contribution < 1.29 is 4.39 Å². The summed E-state index contributed by atoms with van der Waals surface area (Å²) in [6.07, 6.45) is 10.3. The summed E-state index contributed by atoms with van der Waals surface area (Å²) >= 11 is 0. The molecule has 9 heteroatoms. The minimum atomic E-state index is -0.294. The van der Waals surface area contributed by atoms with Gasteiger partial charge in [-0.15, -0.1) is 0 Å². The molecule has 1 aromatic carbocycles. The molecule has 4 aromatic heterocycles. The lowest BCUT2D eigenvalue weighted by Gasteiger charge is -2.14. The normalized spacial score (nSPS) is 12.0. The molecule has 226 valence electrons. The molecule has 8 nitrogen and oxygen atoms in total. The van der Waals surface area contributed by atoms with Crippen LogP contribution in [0, 0.1) is 12.7 Å². The Morgan fingerprint density at radius 1 is 1.09 bits per heavy atom. The number of likely N-dealkylation sites (N-methyl/N-ethyl adjacent to an activating group) is 1. The van der Waals surface area contributed by atoms with Crippen LogP contribution in [0.3, 0.4) is 0 Å². The smallest absolute Gasteiger partial charge is 0.135 e. The van der Waals surface area contributed by atoms with Gasteiger partial charge in [0.2, 0.25) is 0 Å². The van der Waals surface area contributed by atoms with Crippen molar-refractivity contribution in [3.63, 3.8) is 0 Å². The molecule has 0 radical (unpaired) electrons. The second-order valence-corrected chi connectivity index (χ2v) is 11.0. The third kappa shape index (κ3) is 6.95. The first-order valence-electron chi connectivity index (χ1n) is 14.7. The summed E-state index contributed by atoms with van der Waals surface area (Å²) in [5.41, 5.74) is 10.8. The highest BCUT2D eigenvalue weighted by atomic mass is 19.1. The highest BCUT2D eigenvalue weighted by Crippen LogP contribution is 2.34. The minimum Gasteiger partial charge on any atom is -0.384 e. The van der Waals surface area contributed by atoms with Gasteiger partial charge in [0.15, 0.2) is 0 Å². The van der Waals surface area contributed by atoms with Gasteiger partial charge in [0, 0.05) is 47.5 Å². The van der Waals surface area contributed by atoms with E-state index in [2.05, 4.69) is 55.3 Å². The van der Waals surface area contributed by atoms with Crippen LogP contribution in [-0.4, -0.2) is 57.2 Å². The molecule has 0 amide bonds. The summed E-state index contributed by atoms with van der Waals surface area (Å²) in [6.45, 7) is 11.6. The van der Waals surface area contributed by atoms with Gasteiger partial charge in [0.05, 0.1) is 28.8 Å². The van der Waals surface area contributed by atoms with Crippen molar-refractivity contribution in [2.24, 2.45) is 0 Å². The number of hydrogen-bond acceptors (Lipinski definition) is 6. The van der Waals surface area contributed by atoms with Crippen LogP contribution in [0.15, 0.2) is 85.4 Å². The number of hydrogen-bond donors (Lipinski definition) is 4. The fraction of sp³-hybridized carbons (Fsp3) is 0.229. The van der Waals surface area contributed by atoms with Crippen molar-refractivity contribution in [3.8, 4) is 22.6 Å². The number of aromatic amines is 2. The summed E-state index contributed by atoms with van der Waals surface area (Å²) in [5.74, 6) is -0.294. The number of anilines is 2. The Balaban J connectivity index is 1.52. The maximum absolute atomic E-state index is 14.9. The van der Waals surface area contributed by atoms with Gasteiger partial charge < -0.3 is 20.5 Å². The Bertz CT molecular complexity index is 1840. The number of nitrogens with one attached hydrogen (secondary N) is 4. The maximum Gasteiger partial charge on any atom is 0.135 e. The van der Waals surface area contributed by atoms with Crippen molar-refractivity contribution in [2.45, 2.75) is 27.2 Å². The summed E-state index contributed by atoms with van der Waals surface area (Å²) < 4.78 is 14.9. The largest absolute Gasteiger partial charge is 0.384 e. The highest BCUT2D eigenvalue weighted by molar-refractivity contribution is 5.92. The lowest BCUT2D eigenvalue weighted by Crippen LogP contribution is -2.20. The Labute approximate surface area is 257 Å². The second kappa shape index (κ2) is 13.5. The Morgan fingerprint density at radius 3 is 2.70 bits per heavy atom. The van der Waals surface area contributed by atoms with Crippen LogP contribution < -0.4 is 10.6 Å². The van der Waals surface area contributed by atoms with Gasteiger partial charge in [-0.2, -0.15) is 5.10 Å². The summed E-state index contributed by atoms with van der Waals surface area (Å²) in [5, 5.41) is 14.4. The Hall–Kier alpha value is -5.02. The monoisotopic (exact) mass is 590 g/mol. The number of aromatic nitrogens is 5. The van der Waals surface area contributed by atoms with Crippen LogP contribution in [0.4, 0.5) is 15.8 Å². The zero-order chi connectivity index (χ0) is 31.2. The average molecular weight is 591 g/mol. The first-order chi connectivity index (χ1) is 21.2. The van der Waals surface area contributed by atoms with Gasteiger partial charge in [0.1, 0.15) is 17.0 Å². The molecule has 5 rings (SSSR count). The van der Waals surface area contributed by atoms with Gasteiger partial charge in [0.25, 0.3) is 0 Å². The molecule has 4 heterocycles. The summed E-state index contributed by atoms with van der Waals surface area (Å²) in [7, 11) is 4.03. The molecule has 0 aliphatic carbocycles. The number of aryl methyl sites for hydroxylation is 1. The first-order valence-corrected chi connectivity index (χ1v) is 14.7. The van der Waals surface area contributed by atoms with Crippen molar-refractivity contribution in [1.29, 1.82) is 0 Å². The van der Waals surface area contributed by atoms with Crippen LogP contribution in [-0.2, 0) is 0 Å². The standard InChI is InChI=1S/C35H39FN8/c1-7-9-10-29(24-15-26(36)18-27(16-24)38-13-14-44(5)6)30-19-33(40-23(30)4)35-34-32(42-43-35)12-11-31(41-34)25-17-28(21-37-20-25)39-22(3)8-2/h7,9-12,15-21,38-40H,3,8,13-14H2,1-2,4-6H3,(H,42,43)/b9-7-,29-10-. The van der Waals surface area contributed by atoms with E-state index in [1.807, 2.05) is 70.4 Å². The SMILES string of the molecule is C=C(CC)Nc1cncc(-c2ccc3[nH]nc(-c4cc(/C(=C\C=C/C)c5cc(F)cc(NCCN(C)C)c5)c(C)[nH]4)c3n2)c1. The minimum absolute atomic E-state index is 0.294. The lowest BCUT2D eigenvalue weighted by molar-refractivity contribution is 0.425. The molecule has 0 fully saturated rings. The molecule has 5 aromatic rings. The number of pyridine rings is 2. The van der Waals surface area contributed by atoms with E-state index in [4.69, 9.17) is 4.98 Å². The van der Waals surface area contributed by atoms with Gasteiger partial charge in [-0.1, -0.05) is 31.7 Å². The fourth-order valence-electron chi connectivity index (χ4n) is 4.96. The molecule has 0 spiro atoms. The van der Waals surface area contributed by atoms with E-state index in [0.29, 0.717) is 12.2 Å². The van der Waals surface area contributed by atoms with Crippen LogP contribution in [0.25, 0.3) is 39.3 Å². The van der Waals surface area contributed by atoms with E-state index in [-0.39, 0.29) is 5.82 Å². The summed E-state index contributed by atoms with van der Waals surface area (Å²) in [6, 6.07) is 13.1. The second-order valence-electron chi connectivity index (χ2n) is 11.0. The number of halogens is 1. The number of H-pyrrole nitrogens is 2. The van der Waals surface area contributed by atoms with Crippen LogP contribution >= 0.6 is 0 Å². The van der Waals surface area contributed by atoms with Gasteiger partial charge in [-0.05, 0) is 88.0 Å². The maximum atomic E-state index is 14.9. The predicted octanol–water partition coefficient (Wildman–Crippen LogP) is 7.78. The molecule has 0 unspecified atom stereocenters. The van der Waals surface area contributed by atoms with E-state index in [1.165, 1.54) is 6.07 Å². The molecule has 4 N–H and O–H groups in total. The third-order valence-electron chi connectivity index (χ3n) is 7.30. The quantitative estimate of drug-likeness (QED) is 0.111. The van der Waals surface area contributed by atoms with Crippen LogP contribution in [0.1, 0.15) is 37.1 Å². The number of nitrogens with zero attached hydrogens (tertiary/aromatic N) is 4. The summed E-state index contributed by atoms with van der Waals surface area (Å²) in [4.78, 5) is 15.0. The molecular weight excluding hydrogens is 551 g/mol. The number of fused-ring (bicyclic) bond motifs is 1. The molecule has 0 aliphatic rings. The van der Waals surface area contributed by atoms with Crippen molar-refractivity contribution in [1.82, 2.24) is 30.0 Å². The molecule has 0 atom stereocenters. The van der Waals surface area contributed by atoms with Crippen molar-refractivity contribution >= 4 is 28.0 Å². The number of allylic oxidation sites excluding steroid dienone is 4. The van der Waals surface area contributed by atoms with Crippen LogP contribution in [0.5, 0.6) is 0 Å². The van der Waals surface area contributed by atoms with Crippen LogP contribution in [0.2, 0.25) is 0 Å². The molecule has 0 saturated heterocycles. The first kappa shape index (κ1) is 30.4. The van der Waals surface area contributed by atoms with Gasteiger partial charge in [-0.25, -0.2) is 9.37 Å². The molecule has 44 heavy (non-hydrogen) atoms. The Kier molecular flexibility index (Phi) is 9.35. The van der Waals surface area contributed by atoms with Crippen molar-refractivity contribution in [3.05, 3.63) is 108 Å². The van der Waals surface area contributed by atoms with Gasteiger partial charge >= 0.3 is 0 Å².